The summed E-state index contributed by atoms with van der Waals surface area (Å²) in [5.41, 5.74) is 0. The van der Waals surface area contributed by atoms with E-state index in [1.807, 2.05) is 0 Å². The Morgan fingerprint density at radius 3 is 0.581 bits per heavy atom. The summed E-state index contributed by atoms with van der Waals surface area (Å²) in [6, 6.07) is 0. The predicted octanol–water partition coefficient (Wildman–Crippen LogP) is 9.75. The van der Waals surface area contributed by atoms with E-state index in [1.165, 1.54) is 148 Å². The molecule has 0 radical (unpaired) electrons. The molecular weight excluding hydrogens is 380 g/mol. The maximum absolute atomic E-state index is 8.64. The van der Waals surface area contributed by atoms with Gasteiger partial charge in [-0.1, -0.05) is 162 Å². The van der Waals surface area contributed by atoms with Gasteiger partial charge >= 0.3 is 0 Å². The molecule has 0 unspecified atom stereocenters. The molecule has 0 bridgehead atoms. The Kier molecular flexibility index (Phi) is 36.9. The van der Waals surface area contributed by atoms with Crippen molar-refractivity contribution >= 4 is 0 Å². The molecule has 2 nitrogen and oxygen atoms in total. The molecule has 0 aromatic heterocycles. The Hall–Kier alpha value is -0.0800. The maximum atomic E-state index is 8.64. The Balaban J connectivity index is 0. The molecular formula is C29H62O2. The highest BCUT2D eigenvalue weighted by Gasteiger charge is 1.94. The molecule has 0 aromatic carbocycles. The summed E-state index contributed by atoms with van der Waals surface area (Å²) in [4.78, 5) is 0. The van der Waals surface area contributed by atoms with Gasteiger partial charge in [-0.05, 0) is 12.8 Å². The quantitative estimate of drug-likeness (QED) is 0.138. The molecule has 2 heteroatoms. The molecule has 0 saturated heterocycles. The van der Waals surface area contributed by atoms with Gasteiger partial charge in [-0.2, -0.15) is 0 Å². The van der Waals surface area contributed by atoms with Crippen molar-refractivity contribution in [3.05, 3.63) is 0 Å². The minimum absolute atomic E-state index is 0.372. The van der Waals surface area contributed by atoms with Crippen LogP contribution >= 0.6 is 0 Å². The largest absolute Gasteiger partial charge is 0.396 e. The SMILES string of the molecule is CCCCCCCCCCCCCCCCO.CCCCCCCCCCCCCO. The third kappa shape index (κ3) is 37.6. The van der Waals surface area contributed by atoms with E-state index in [2.05, 4.69) is 13.8 Å². The van der Waals surface area contributed by atoms with Gasteiger partial charge in [0.15, 0.2) is 0 Å². The number of unbranched alkanes of at least 4 members (excludes halogenated alkanes) is 23. The predicted molar refractivity (Wildman–Crippen MR) is 141 cm³/mol. The van der Waals surface area contributed by atoms with Crippen LogP contribution in [0.25, 0.3) is 0 Å². The van der Waals surface area contributed by atoms with E-state index in [0.717, 1.165) is 12.8 Å². The zero-order valence-corrected chi connectivity index (χ0v) is 22.0. The summed E-state index contributed by atoms with van der Waals surface area (Å²) in [6.45, 7) is 5.29. The summed E-state index contributed by atoms with van der Waals surface area (Å²) in [7, 11) is 0. The minimum Gasteiger partial charge on any atom is -0.396 e. The summed E-state index contributed by atoms with van der Waals surface area (Å²) >= 11 is 0. The average molecular weight is 443 g/mol. The highest BCUT2D eigenvalue weighted by atomic mass is 16.3. The molecule has 0 atom stereocenters. The first-order chi connectivity index (χ1) is 15.3. The van der Waals surface area contributed by atoms with Gasteiger partial charge in [-0.3, -0.25) is 0 Å². The summed E-state index contributed by atoms with van der Waals surface area (Å²) in [6.07, 6.45) is 34.0. The van der Waals surface area contributed by atoms with Crippen molar-refractivity contribution in [1.82, 2.24) is 0 Å². The van der Waals surface area contributed by atoms with Crippen LogP contribution in [0.15, 0.2) is 0 Å². The molecule has 0 aliphatic heterocycles. The molecule has 0 heterocycles. The van der Waals surface area contributed by atoms with Gasteiger partial charge in [0.1, 0.15) is 0 Å². The lowest BCUT2D eigenvalue weighted by atomic mass is 10.0. The topological polar surface area (TPSA) is 40.5 Å². The molecule has 0 saturated carbocycles. The van der Waals surface area contributed by atoms with Crippen molar-refractivity contribution in [3.63, 3.8) is 0 Å². The molecule has 0 amide bonds. The van der Waals surface area contributed by atoms with Gasteiger partial charge in [0.05, 0.1) is 0 Å². The van der Waals surface area contributed by atoms with Crippen molar-refractivity contribution in [1.29, 1.82) is 0 Å². The molecule has 0 spiro atoms. The molecule has 2 N–H and O–H groups in total. The lowest BCUT2D eigenvalue weighted by molar-refractivity contribution is 0.282. The van der Waals surface area contributed by atoms with Crippen molar-refractivity contribution in [2.24, 2.45) is 0 Å². The Labute approximate surface area is 198 Å². The van der Waals surface area contributed by atoms with Gasteiger partial charge in [-0.25, -0.2) is 0 Å². The second kappa shape index (κ2) is 34.5. The normalized spacial score (nSPS) is 10.8. The van der Waals surface area contributed by atoms with E-state index in [1.54, 1.807) is 0 Å². The first-order valence-electron chi connectivity index (χ1n) is 14.5. The molecule has 0 fully saturated rings. The standard InChI is InChI=1S/C16H34O.C13H28O/c1-2-3-4-5-6-7-8-9-10-11-12-13-14-15-16-17;1-2-3-4-5-6-7-8-9-10-11-12-13-14/h17H,2-16H2,1H3;14H,2-13H2,1H3. The van der Waals surface area contributed by atoms with E-state index in [9.17, 15) is 0 Å². The number of hydrogen-bond acceptors (Lipinski definition) is 2. The van der Waals surface area contributed by atoms with Crippen molar-refractivity contribution in [2.45, 2.75) is 174 Å². The smallest absolute Gasteiger partial charge is 0.0431 e. The summed E-state index contributed by atoms with van der Waals surface area (Å²) in [5, 5.41) is 17.2. The van der Waals surface area contributed by atoms with E-state index in [-0.39, 0.29) is 0 Å². The van der Waals surface area contributed by atoms with E-state index in [4.69, 9.17) is 10.2 Å². The first kappa shape index (κ1) is 33.1. The van der Waals surface area contributed by atoms with Crippen LogP contribution in [-0.2, 0) is 0 Å². The van der Waals surface area contributed by atoms with Crippen LogP contribution in [0, 0.1) is 0 Å². The Morgan fingerprint density at radius 2 is 0.419 bits per heavy atom. The maximum Gasteiger partial charge on any atom is 0.0431 e. The van der Waals surface area contributed by atoms with Crippen molar-refractivity contribution < 1.29 is 10.2 Å². The van der Waals surface area contributed by atoms with Crippen LogP contribution < -0.4 is 0 Å². The van der Waals surface area contributed by atoms with Gasteiger partial charge in [0, 0.05) is 13.2 Å². The minimum atomic E-state index is 0.372. The zero-order valence-electron chi connectivity index (χ0n) is 22.0. The number of aliphatic hydroxyl groups excluding tert-OH is 2. The van der Waals surface area contributed by atoms with Crippen LogP contribution in [-0.4, -0.2) is 23.4 Å². The number of aliphatic hydroxyl groups is 2. The highest BCUT2D eigenvalue weighted by molar-refractivity contribution is 4.49. The lowest BCUT2D eigenvalue weighted by Gasteiger charge is -2.02. The van der Waals surface area contributed by atoms with Crippen LogP contribution in [0.5, 0.6) is 0 Å². The number of hydrogen-bond donors (Lipinski definition) is 2. The van der Waals surface area contributed by atoms with E-state index >= 15 is 0 Å². The van der Waals surface area contributed by atoms with E-state index in [0.29, 0.717) is 13.2 Å². The third-order valence-electron chi connectivity index (χ3n) is 6.27. The second-order valence-corrected chi connectivity index (χ2v) is 9.58. The van der Waals surface area contributed by atoms with Crippen molar-refractivity contribution in [2.75, 3.05) is 13.2 Å². The zero-order chi connectivity index (χ0) is 23.1. The molecule has 0 aliphatic rings. The Bertz CT molecular complexity index is 241. The third-order valence-corrected chi connectivity index (χ3v) is 6.27. The summed E-state index contributed by atoms with van der Waals surface area (Å²) < 4.78 is 0. The van der Waals surface area contributed by atoms with Gasteiger partial charge < -0.3 is 10.2 Å². The van der Waals surface area contributed by atoms with Crippen molar-refractivity contribution in [3.8, 4) is 0 Å². The van der Waals surface area contributed by atoms with Gasteiger partial charge in [0.25, 0.3) is 0 Å². The molecule has 0 aromatic rings. The van der Waals surface area contributed by atoms with Crippen LogP contribution in [0.3, 0.4) is 0 Å². The van der Waals surface area contributed by atoms with E-state index < -0.39 is 0 Å². The van der Waals surface area contributed by atoms with Gasteiger partial charge in [0.2, 0.25) is 0 Å². The molecule has 0 rings (SSSR count). The fourth-order valence-corrected chi connectivity index (χ4v) is 4.08. The molecule has 31 heavy (non-hydrogen) atoms. The molecule has 0 aliphatic carbocycles. The van der Waals surface area contributed by atoms with Crippen LogP contribution in [0.4, 0.5) is 0 Å². The highest BCUT2D eigenvalue weighted by Crippen LogP contribution is 2.13. The first-order valence-corrected chi connectivity index (χ1v) is 14.5. The monoisotopic (exact) mass is 442 g/mol. The lowest BCUT2D eigenvalue weighted by Crippen LogP contribution is -1.84. The Morgan fingerprint density at radius 1 is 0.258 bits per heavy atom. The second-order valence-electron chi connectivity index (χ2n) is 9.58. The van der Waals surface area contributed by atoms with Crippen LogP contribution in [0.2, 0.25) is 0 Å². The average Bonchev–Trinajstić information content (AvgIpc) is 2.79. The fourth-order valence-electron chi connectivity index (χ4n) is 4.08. The number of rotatable bonds is 25. The van der Waals surface area contributed by atoms with Gasteiger partial charge in [-0.15, -0.1) is 0 Å². The fraction of sp³-hybridized carbons (Fsp3) is 1.00. The molecule has 190 valence electrons. The summed E-state index contributed by atoms with van der Waals surface area (Å²) in [5.74, 6) is 0. The van der Waals surface area contributed by atoms with Crippen LogP contribution in [0.1, 0.15) is 174 Å².